The molecule has 0 fully saturated rings. The van der Waals surface area contributed by atoms with Crippen molar-refractivity contribution in [3.63, 3.8) is 0 Å². The summed E-state index contributed by atoms with van der Waals surface area (Å²) in [6.07, 6.45) is 6.26. The van der Waals surface area contributed by atoms with Crippen molar-refractivity contribution in [2.24, 2.45) is 0 Å². The summed E-state index contributed by atoms with van der Waals surface area (Å²) in [5.74, 6) is 0. The van der Waals surface area contributed by atoms with Crippen LogP contribution < -0.4 is 24.0 Å². The van der Waals surface area contributed by atoms with E-state index in [9.17, 15) is 0 Å². The van der Waals surface area contributed by atoms with Crippen LogP contribution in [0.5, 0.6) is 0 Å². The Morgan fingerprint density at radius 3 is 2.07 bits per heavy atom. The van der Waals surface area contributed by atoms with E-state index in [0.29, 0.717) is 6.10 Å². The molecule has 0 aromatic heterocycles. The molecule has 3 heteroatoms. The summed E-state index contributed by atoms with van der Waals surface area (Å²) in [4.78, 5) is 0. The maximum absolute atomic E-state index is 5.87. The van der Waals surface area contributed by atoms with Crippen LogP contribution in [0, 0.1) is 6.92 Å². The second kappa shape index (κ2) is 11.9. The van der Waals surface area contributed by atoms with E-state index in [4.69, 9.17) is 4.74 Å². The molecule has 0 bridgehead atoms. The van der Waals surface area contributed by atoms with Crippen molar-refractivity contribution in [1.29, 1.82) is 0 Å². The van der Waals surface area contributed by atoms with E-state index in [-0.39, 0.29) is 52.6 Å². The molecule has 1 unspecified atom stereocenters. The van der Waals surface area contributed by atoms with Gasteiger partial charge in [0.1, 0.15) is 0 Å². The Kier molecular flexibility index (Phi) is 17.3. The average molecular weight is 337 g/mol. The molecule has 0 aliphatic rings. The maximum Gasteiger partial charge on any atom is 2.00 e. The van der Waals surface area contributed by atoms with Gasteiger partial charge in [-0.25, -0.2) is 0 Å². The molecule has 0 saturated carbocycles. The zero-order chi connectivity index (χ0) is 10.3. The Balaban J connectivity index is -0.000000720. The molecule has 0 spiro atoms. The Morgan fingerprint density at radius 1 is 1.20 bits per heavy atom. The third-order valence-corrected chi connectivity index (χ3v) is 1.97. The maximum atomic E-state index is 5.87. The fourth-order valence-electron chi connectivity index (χ4n) is 1.38. The first kappa shape index (κ1) is 21.7. The van der Waals surface area contributed by atoms with Gasteiger partial charge in [-0.15, -0.1) is 0 Å². The number of rotatable bonds is 6. The van der Waals surface area contributed by atoms with Crippen LogP contribution in [0.25, 0.3) is 0 Å². The Labute approximate surface area is 129 Å². The Hall–Kier alpha value is 1.46. The molecule has 0 aliphatic heterocycles. The first-order chi connectivity index (χ1) is 5.99. The van der Waals surface area contributed by atoms with Crippen LogP contribution in [0.4, 0.5) is 0 Å². The van der Waals surface area contributed by atoms with Crippen molar-refractivity contribution in [2.75, 3.05) is 0 Å². The minimum Gasteiger partial charge on any atom is -1.00 e. The molecular weight excluding hydrogens is 311 g/mol. The molecule has 0 aliphatic carbocycles. The summed E-state index contributed by atoms with van der Waals surface area (Å²) < 4.78 is 5.87. The average Bonchev–Trinajstić information content (AvgIpc) is 2.01. The Bertz CT molecular complexity index is 123. The van der Waals surface area contributed by atoms with E-state index in [0.717, 1.165) is 12.8 Å². The first-order valence-electron chi connectivity index (χ1n) is 5.46. The van der Waals surface area contributed by atoms with E-state index in [1.54, 1.807) is 0 Å². The molecule has 88 valence electrons. The second-order valence-corrected chi connectivity index (χ2v) is 4.64. The summed E-state index contributed by atoms with van der Waals surface area (Å²) in [6.45, 7) is 12.5. The van der Waals surface area contributed by atoms with Crippen LogP contribution in [0.2, 0.25) is 0 Å². The zero-order valence-corrected chi connectivity index (χ0v) is 14.4. The van der Waals surface area contributed by atoms with E-state index >= 15 is 0 Å². The van der Waals surface area contributed by atoms with Crippen LogP contribution in [-0.4, -0.2) is 34.8 Å². The molecule has 0 heterocycles. The van der Waals surface area contributed by atoms with Crippen LogP contribution in [0.1, 0.15) is 59.8 Å². The summed E-state index contributed by atoms with van der Waals surface area (Å²) in [6, 6.07) is 0. The molecule has 0 aromatic rings. The standard InChI is InChI=1S/C12H25O.HI.Mg/c1-6-8-9-10-11(7-2)13-12(3,4)5;;/h11H,2,6-10H2,1,3-5H3;1H;/q-1;;+2/p-1. The van der Waals surface area contributed by atoms with Gasteiger partial charge in [-0.1, -0.05) is 26.2 Å². The molecule has 0 saturated heterocycles. The van der Waals surface area contributed by atoms with Crippen molar-refractivity contribution >= 4 is 23.1 Å². The summed E-state index contributed by atoms with van der Waals surface area (Å²) in [7, 11) is 0. The fraction of sp³-hybridized carbons (Fsp3) is 0.917. The number of ether oxygens (including phenoxy) is 1. The monoisotopic (exact) mass is 336 g/mol. The SMILES string of the molecule is [CH2-]CC(CCCCC)OC(C)(C)C.[I-].[Mg+2]. The molecule has 1 nitrogen and oxygen atoms in total. The smallest absolute Gasteiger partial charge is 1.00 e. The predicted octanol–water partition coefficient (Wildman–Crippen LogP) is 0.598. The third kappa shape index (κ3) is 15.5. The molecule has 0 rings (SSSR count). The van der Waals surface area contributed by atoms with Gasteiger partial charge >= 0.3 is 23.1 Å². The first-order valence-corrected chi connectivity index (χ1v) is 5.46. The van der Waals surface area contributed by atoms with Gasteiger partial charge in [0.25, 0.3) is 0 Å². The largest absolute Gasteiger partial charge is 2.00 e. The third-order valence-electron chi connectivity index (χ3n) is 1.97. The number of hydrogen-bond donors (Lipinski definition) is 0. The van der Waals surface area contributed by atoms with E-state index in [1.807, 2.05) is 0 Å². The quantitative estimate of drug-likeness (QED) is 0.299. The van der Waals surface area contributed by atoms with Gasteiger partial charge < -0.3 is 35.6 Å². The molecule has 0 N–H and O–H groups in total. The van der Waals surface area contributed by atoms with Crippen molar-refractivity contribution in [3.05, 3.63) is 6.92 Å². The zero-order valence-electron chi connectivity index (χ0n) is 10.8. The van der Waals surface area contributed by atoms with Crippen molar-refractivity contribution in [1.82, 2.24) is 0 Å². The van der Waals surface area contributed by atoms with E-state index in [2.05, 4.69) is 34.6 Å². The van der Waals surface area contributed by atoms with Gasteiger partial charge in [-0.3, -0.25) is 0 Å². The van der Waals surface area contributed by atoms with Gasteiger partial charge in [0.2, 0.25) is 0 Å². The normalized spacial score (nSPS) is 12.6. The number of hydrogen-bond acceptors (Lipinski definition) is 1. The van der Waals surface area contributed by atoms with Gasteiger partial charge in [-0.2, -0.15) is 6.42 Å². The Morgan fingerprint density at radius 2 is 1.73 bits per heavy atom. The summed E-state index contributed by atoms with van der Waals surface area (Å²) >= 11 is 0. The van der Waals surface area contributed by atoms with E-state index in [1.165, 1.54) is 19.3 Å². The summed E-state index contributed by atoms with van der Waals surface area (Å²) in [5.41, 5.74) is -0.0193. The predicted molar refractivity (Wildman–Crippen MR) is 64.5 cm³/mol. The van der Waals surface area contributed by atoms with Crippen molar-refractivity contribution in [2.45, 2.75) is 71.5 Å². The van der Waals surface area contributed by atoms with Crippen molar-refractivity contribution in [3.8, 4) is 0 Å². The topological polar surface area (TPSA) is 9.23 Å². The van der Waals surface area contributed by atoms with Crippen LogP contribution in [0.15, 0.2) is 0 Å². The minimum absolute atomic E-state index is 0. The van der Waals surface area contributed by atoms with Crippen molar-refractivity contribution < 1.29 is 28.7 Å². The molecular formula is C12H25IMgO. The number of halogens is 1. The van der Waals surface area contributed by atoms with Gasteiger partial charge in [0, 0.05) is 6.10 Å². The molecule has 0 radical (unpaired) electrons. The van der Waals surface area contributed by atoms with E-state index < -0.39 is 0 Å². The number of unbranched alkanes of at least 4 members (excludes halogenated alkanes) is 2. The second-order valence-electron chi connectivity index (χ2n) is 4.64. The van der Waals surface area contributed by atoms with Crippen LogP contribution >= 0.6 is 0 Å². The van der Waals surface area contributed by atoms with Gasteiger partial charge in [0.15, 0.2) is 0 Å². The van der Waals surface area contributed by atoms with Crippen LogP contribution in [-0.2, 0) is 4.74 Å². The molecule has 1 atom stereocenters. The molecule has 0 aromatic carbocycles. The minimum atomic E-state index is -0.0193. The summed E-state index contributed by atoms with van der Waals surface area (Å²) in [5, 5.41) is 0. The van der Waals surface area contributed by atoms with Gasteiger partial charge in [0.05, 0.1) is 5.60 Å². The fourth-order valence-corrected chi connectivity index (χ4v) is 1.38. The molecule has 0 amide bonds. The van der Waals surface area contributed by atoms with Gasteiger partial charge in [-0.05, 0) is 27.2 Å². The molecule has 15 heavy (non-hydrogen) atoms. The van der Waals surface area contributed by atoms with Crippen LogP contribution in [0.3, 0.4) is 0 Å².